The number of methoxy groups -OCH3 is 3. The first-order valence-electron chi connectivity index (χ1n) is 32.3. The van der Waals surface area contributed by atoms with Crippen molar-refractivity contribution < 1.29 is 72.1 Å². The van der Waals surface area contributed by atoms with Crippen LogP contribution >= 0.6 is 11.8 Å². The second-order valence-electron chi connectivity index (χ2n) is 24.7. The predicted octanol–water partition coefficient (Wildman–Crippen LogP) is 6.30. The number of amides is 7. The van der Waals surface area contributed by atoms with Gasteiger partial charge in [-0.15, -0.1) is 0 Å². The molecule has 1 aliphatic heterocycles. The number of likely N-dealkylation sites (N-methyl/N-ethyl adjacent to an activating group) is 2. The van der Waals surface area contributed by atoms with Crippen LogP contribution in [0, 0.1) is 33.8 Å². The number of carbonyl (C=O) groups is 8. The number of nitrogens with zero attached hydrogens (tertiary/aromatic N) is 6. The fourth-order valence-electron chi connectivity index (χ4n) is 11.7. The van der Waals surface area contributed by atoms with Crippen LogP contribution in [0.1, 0.15) is 136 Å². The number of hydrogen-bond donors (Lipinski definition) is 6. The van der Waals surface area contributed by atoms with E-state index in [-0.39, 0.29) is 73.6 Å². The summed E-state index contributed by atoms with van der Waals surface area (Å²) in [6, 6.07) is 9.91. The fraction of sp³-hybridized carbons (Fsp3) is 0.652. The maximum atomic E-state index is 14.9. The van der Waals surface area contributed by atoms with E-state index in [1.165, 1.54) is 58.0 Å². The third-order valence-electron chi connectivity index (χ3n) is 17.4. The van der Waals surface area contributed by atoms with Crippen molar-refractivity contribution in [1.29, 1.82) is 0 Å². The van der Waals surface area contributed by atoms with E-state index < -0.39 is 106 Å². The summed E-state index contributed by atoms with van der Waals surface area (Å²) in [5.74, 6) is -4.64. The monoisotopic (exact) mass is 1340 g/mol. The Morgan fingerprint density at radius 1 is 0.840 bits per heavy atom. The van der Waals surface area contributed by atoms with Gasteiger partial charge in [-0.1, -0.05) is 109 Å². The Bertz CT molecular complexity index is 2950. The van der Waals surface area contributed by atoms with Gasteiger partial charge in [-0.05, 0) is 91.3 Å². The molecule has 1 saturated heterocycles. The quantitative estimate of drug-likeness (QED) is 0.0157. The Balaban J connectivity index is 1.42. The topological polar surface area (TPSA) is 334 Å². The molecular formula is C66H103N11O16S. The number of benzene rings is 2. The molecule has 94 heavy (non-hydrogen) atoms. The number of aliphatic hydroxyl groups is 1. The van der Waals surface area contributed by atoms with Crippen molar-refractivity contribution in [3.63, 3.8) is 0 Å². The third-order valence-corrected chi connectivity index (χ3v) is 18.3. The number of carbonyl (C=O) groups excluding carboxylic acids is 8. The minimum atomic E-state index is -1.11. The Morgan fingerprint density at radius 2 is 1.52 bits per heavy atom. The minimum Gasteiger partial charge on any atom is -0.484 e. The second kappa shape index (κ2) is 39.5. The molecule has 6 N–H and O–H groups in total. The van der Waals surface area contributed by atoms with Gasteiger partial charge in [0.25, 0.3) is 0 Å². The van der Waals surface area contributed by atoms with Crippen molar-refractivity contribution in [2.75, 3.05) is 73.2 Å². The van der Waals surface area contributed by atoms with Crippen molar-refractivity contribution in [2.45, 2.75) is 180 Å². The lowest BCUT2D eigenvalue weighted by Gasteiger charge is -2.41. The summed E-state index contributed by atoms with van der Waals surface area (Å²) in [7, 11) is 8.83. The number of aromatic nitrogens is 2. The molecule has 0 aliphatic carbocycles. The van der Waals surface area contributed by atoms with Crippen LogP contribution in [0.2, 0.25) is 0 Å². The highest BCUT2D eigenvalue weighted by molar-refractivity contribution is 7.99. The van der Waals surface area contributed by atoms with E-state index >= 15 is 0 Å². The molecule has 1 fully saturated rings. The van der Waals surface area contributed by atoms with Crippen LogP contribution in [0.4, 0.5) is 16.4 Å². The van der Waals surface area contributed by atoms with Gasteiger partial charge >= 0.3 is 18.0 Å². The van der Waals surface area contributed by atoms with E-state index in [2.05, 4.69) is 36.3 Å². The second-order valence-corrected chi connectivity index (χ2v) is 25.8. The van der Waals surface area contributed by atoms with Crippen molar-refractivity contribution in [2.24, 2.45) is 30.7 Å². The highest BCUT2D eigenvalue weighted by Gasteiger charge is 2.44. The number of nitrogens with one attached hydrogen (secondary N) is 5. The molecule has 0 radical (unpaired) electrons. The molecule has 11 atom stereocenters. The van der Waals surface area contributed by atoms with Gasteiger partial charge in [0, 0.05) is 41.4 Å². The van der Waals surface area contributed by atoms with Crippen LogP contribution in [0.3, 0.4) is 0 Å². The summed E-state index contributed by atoms with van der Waals surface area (Å²) in [4.78, 5) is 128. The van der Waals surface area contributed by atoms with Crippen LogP contribution in [0.25, 0.3) is 0 Å². The van der Waals surface area contributed by atoms with Gasteiger partial charge in [-0.2, -0.15) is 11.8 Å². The molecule has 27 nitrogen and oxygen atoms in total. The molecule has 1 aliphatic rings. The number of hydrogen-bond acceptors (Lipinski definition) is 19. The van der Waals surface area contributed by atoms with E-state index in [4.69, 9.17) is 18.9 Å². The summed E-state index contributed by atoms with van der Waals surface area (Å²) in [6.07, 6.45) is 4.72. The molecule has 1 aromatic heterocycles. The zero-order chi connectivity index (χ0) is 69.9. The van der Waals surface area contributed by atoms with E-state index in [0.717, 1.165) is 30.6 Å². The van der Waals surface area contributed by atoms with Gasteiger partial charge in [0.15, 0.2) is 5.69 Å². The SMILES string of the molecule is CC[C@H](C)[C@@H]([C@@H](CC(=O)N1CCC[C@H]1[C@H](OC)[C@@H](C)C(=O)N[C@H](C)[C@@H](O)c1ccccc1)OC)N(C)C(=O)[C@@H](NC(=O)[C@H](C(C)C)N(C)C(=O)OCc1ccc(OCc2cnc([N+](=O)[O-])n2C)c(NC(=O)CNCCCCCCNC(=O)C(CC(=O)OC)SC)c1)C(C)C. The first kappa shape index (κ1) is 79.0. The first-order chi connectivity index (χ1) is 44.6. The van der Waals surface area contributed by atoms with Gasteiger partial charge in [0.2, 0.25) is 35.4 Å². The number of unbranched alkanes of at least 4 members (excludes halogenated alkanes) is 3. The Kier molecular flexibility index (Phi) is 33.2. The molecule has 3 aromatic rings. The normalized spacial score (nSPS) is 16.3. The number of rotatable bonds is 40. The van der Waals surface area contributed by atoms with Crippen molar-refractivity contribution in [3.8, 4) is 5.75 Å². The van der Waals surface area contributed by atoms with E-state index in [1.807, 2.05) is 32.0 Å². The van der Waals surface area contributed by atoms with Gasteiger partial charge in [0.1, 0.15) is 37.2 Å². The molecule has 4 rings (SSSR count). The Hall–Kier alpha value is -7.40. The summed E-state index contributed by atoms with van der Waals surface area (Å²) in [5.41, 5.74) is 1.69. The van der Waals surface area contributed by atoms with Crippen molar-refractivity contribution in [3.05, 3.63) is 81.7 Å². The average Bonchev–Trinajstić information content (AvgIpc) is 1.43. The van der Waals surface area contributed by atoms with Crippen molar-refractivity contribution in [1.82, 2.24) is 45.5 Å². The van der Waals surface area contributed by atoms with Crippen LogP contribution in [0.15, 0.2) is 54.7 Å². The number of nitro groups is 1. The molecule has 28 heteroatoms. The van der Waals surface area contributed by atoms with E-state index in [0.29, 0.717) is 55.7 Å². The van der Waals surface area contributed by atoms with Crippen LogP contribution in [-0.4, -0.2) is 197 Å². The summed E-state index contributed by atoms with van der Waals surface area (Å²) >= 11 is 1.28. The van der Waals surface area contributed by atoms with Crippen LogP contribution in [-0.2, 0) is 72.8 Å². The Morgan fingerprint density at radius 3 is 2.12 bits per heavy atom. The lowest BCUT2D eigenvalue weighted by atomic mass is 9.89. The van der Waals surface area contributed by atoms with E-state index in [1.54, 1.807) is 95.0 Å². The zero-order valence-corrected chi connectivity index (χ0v) is 58.3. The highest BCUT2D eigenvalue weighted by Crippen LogP contribution is 2.32. The number of imidazole rings is 1. The molecule has 0 bridgehead atoms. The zero-order valence-electron chi connectivity index (χ0n) is 57.5. The molecule has 2 aromatic carbocycles. The number of aliphatic hydroxyl groups excluding tert-OH is 1. The van der Waals surface area contributed by atoms with Crippen LogP contribution in [0.5, 0.6) is 5.75 Å². The highest BCUT2D eigenvalue weighted by atomic mass is 32.2. The number of esters is 1. The van der Waals surface area contributed by atoms with Gasteiger partial charge < -0.3 is 75.3 Å². The number of ether oxygens (including phenoxy) is 5. The standard InChI is InChI=1S/C66H103N11O16S/c1-16-42(6)58(51(89-12)34-54(79)76-32-24-27-49(76)60(91-14)43(7)61(82)70-44(8)59(81)46-25-20-19-21-26-46)74(10)64(85)56(40(2)3)72-63(84)57(41(4)5)75(11)66(86)93-38-45-28-29-50(92-39-47-36-69-65(73(47)9)77(87)88)48(33-45)71-53(78)37-67-30-22-17-18-23-31-68-62(83)52(94-15)35-55(80)90-13/h19-21,25-26,28-29,33,36,40-44,49,51-52,56-60,67,81H,16-18,22-24,27,30-32,34-35,37-39H2,1-15H3,(H,68,83)(H,70,82)(H,71,78)(H,72,84)/t42-,43+,44+,49-,51+,52?,56-,57-,58-,59+,60+/m0/s1. The molecule has 2 heterocycles. The van der Waals surface area contributed by atoms with Crippen molar-refractivity contribution >= 4 is 70.9 Å². The maximum Gasteiger partial charge on any atom is 0.434 e. The first-order valence-corrected chi connectivity index (χ1v) is 33.6. The van der Waals surface area contributed by atoms with Crippen LogP contribution < -0.4 is 31.3 Å². The van der Waals surface area contributed by atoms with Gasteiger partial charge in [0.05, 0.1) is 86.8 Å². The Labute approximate surface area is 557 Å². The summed E-state index contributed by atoms with van der Waals surface area (Å²) in [6.45, 7) is 15.4. The summed E-state index contributed by atoms with van der Waals surface area (Å²) in [5, 5.41) is 36.7. The molecule has 1 unspecified atom stereocenters. The smallest absolute Gasteiger partial charge is 0.434 e. The average molecular weight is 1340 g/mol. The number of thioether (sulfide) groups is 1. The molecule has 524 valence electrons. The van der Waals surface area contributed by atoms with Gasteiger partial charge in [-0.3, -0.25) is 38.5 Å². The van der Waals surface area contributed by atoms with E-state index in [9.17, 15) is 53.6 Å². The maximum absolute atomic E-state index is 14.9. The number of anilines is 1. The minimum absolute atomic E-state index is 0.00766. The predicted molar refractivity (Wildman–Crippen MR) is 356 cm³/mol. The number of likely N-dealkylation sites (tertiary alicyclic amines) is 1. The summed E-state index contributed by atoms with van der Waals surface area (Å²) < 4.78 is 29.9. The molecular weight excluding hydrogens is 1230 g/mol. The van der Waals surface area contributed by atoms with Gasteiger partial charge in [-0.25, -0.2) is 9.36 Å². The molecule has 0 saturated carbocycles. The largest absolute Gasteiger partial charge is 0.484 e. The fourth-order valence-corrected chi connectivity index (χ4v) is 12.3. The third kappa shape index (κ3) is 22.9. The molecule has 0 spiro atoms. The molecule has 7 amide bonds. The lowest BCUT2D eigenvalue weighted by molar-refractivity contribution is -0.396. The lowest BCUT2D eigenvalue weighted by Crippen LogP contribution is -2.60.